The summed E-state index contributed by atoms with van der Waals surface area (Å²) in [5.74, 6) is 0. The number of rotatable bonds is 1. The number of methoxy groups -OCH3 is 1. The summed E-state index contributed by atoms with van der Waals surface area (Å²) in [7, 11) is 1.28. The van der Waals surface area contributed by atoms with E-state index in [-0.39, 0.29) is 0 Å². The van der Waals surface area contributed by atoms with Crippen molar-refractivity contribution in [2.24, 2.45) is 5.73 Å². The molecule has 0 aliphatic rings. The van der Waals surface area contributed by atoms with Crippen LogP contribution in [0.5, 0.6) is 0 Å². The Kier molecular flexibility index (Phi) is 3.39. The lowest BCUT2D eigenvalue weighted by Crippen LogP contribution is -2.16. The molecule has 0 radical (unpaired) electrons. The second kappa shape index (κ2) is 3.98. The lowest BCUT2D eigenvalue weighted by molar-refractivity contribution is 0.175. The molecule has 46 valence electrons. The number of nitrogens with two attached hydrogens (primary N) is 1. The van der Waals surface area contributed by atoms with E-state index in [1.165, 1.54) is 19.5 Å². The van der Waals surface area contributed by atoms with Gasteiger partial charge in [-0.1, -0.05) is 0 Å². The van der Waals surface area contributed by atoms with E-state index in [1.54, 1.807) is 0 Å². The molecule has 0 fully saturated rings. The van der Waals surface area contributed by atoms with Crippen LogP contribution in [0, 0.1) is 0 Å². The first kappa shape index (κ1) is 6.81. The first-order chi connectivity index (χ1) is 3.81. The summed E-state index contributed by atoms with van der Waals surface area (Å²) < 4.78 is 4.20. The molecule has 0 aromatic heterocycles. The third-order valence-electron chi connectivity index (χ3n) is 0.483. The molecule has 0 heterocycles. The van der Waals surface area contributed by atoms with Crippen molar-refractivity contribution < 1.29 is 9.53 Å². The van der Waals surface area contributed by atoms with Crippen LogP contribution in [0.4, 0.5) is 4.79 Å². The molecular weight excluding hydrogens is 108 g/mol. The van der Waals surface area contributed by atoms with E-state index in [2.05, 4.69) is 10.1 Å². The van der Waals surface area contributed by atoms with Gasteiger partial charge in [0.05, 0.1) is 7.11 Å². The third kappa shape index (κ3) is 3.02. The Labute approximate surface area is 47.3 Å². The van der Waals surface area contributed by atoms with E-state index in [4.69, 9.17) is 5.73 Å². The van der Waals surface area contributed by atoms with Crippen LogP contribution in [0.2, 0.25) is 0 Å². The Balaban J connectivity index is 3.25. The molecule has 0 aliphatic heterocycles. The number of carbonyl (C=O) groups excluding carboxylic acids is 1. The zero-order valence-corrected chi connectivity index (χ0v) is 4.55. The Morgan fingerprint density at radius 1 is 1.88 bits per heavy atom. The van der Waals surface area contributed by atoms with Gasteiger partial charge < -0.3 is 10.5 Å². The molecule has 0 unspecified atom stereocenters. The van der Waals surface area contributed by atoms with Gasteiger partial charge in [-0.2, -0.15) is 0 Å². The van der Waals surface area contributed by atoms with Crippen molar-refractivity contribution in [1.29, 1.82) is 0 Å². The SMILES string of the molecule is COC(=O)NC=CN. The minimum atomic E-state index is -0.522. The van der Waals surface area contributed by atoms with E-state index in [0.29, 0.717) is 0 Å². The number of carbonyl (C=O) groups is 1. The zero-order valence-electron chi connectivity index (χ0n) is 4.55. The van der Waals surface area contributed by atoms with Gasteiger partial charge in [-0.3, -0.25) is 5.32 Å². The largest absolute Gasteiger partial charge is 0.453 e. The summed E-state index contributed by atoms with van der Waals surface area (Å²) in [6, 6.07) is 0. The van der Waals surface area contributed by atoms with Gasteiger partial charge in [0.1, 0.15) is 0 Å². The van der Waals surface area contributed by atoms with Crippen molar-refractivity contribution in [3.05, 3.63) is 12.4 Å². The predicted octanol–water partition coefficient (Wildman–Crippen LogP) is -0.228. The second-order valence-electron chi connectivity index (χ2n) is 0.995. The molecule has 0 aromatic carbocycles. The number of alkyl carbamates (subject to hydrolysis) is 1. The summed E-state index contributed by atoms with van der Waals surface area (Å²) in [6.45, 7) is 0. The fourth-order valence-electron chi connectivity index (χ4n) is 0.175. The van der Waals surface area contributed by atoms with Gasteiger partial charge in [-0.05, 0) is 0 Å². The maximum Gasteiger partial charge on any atom is 0.410 e. The Hall–Kier alpha value is -1.19. The van der Waals surface area contributed by atoms with Crippen LogP contribution in [0.3, 0.4) is 0 Å². The van der Waals surface area contributed by atoms with E-state index >= 15 is 0 Å². The fraction of sp³-hybridized carbons (Fsp3) is 0.250. The van der Waals surface area contributed by atoms with Gasteiger partial charge in [0.25, 0.3) is 0 Å². The highest BCUT2D eigenvalue weighted by Crippen LogP contribution is 1.67. The third-order valence-corrected chi connectivity index (χ3v) is 0.483. The van der Waals surface area contributed by atoms with Crippen molar-refractivity contribution in [2.75, 3.05) is 7.11 Å². The molecular formula is C4H8N2O2. The van der Waals surface area contributed by atoms with Gasteiger partial charge in [-0.25, -0.2) is 4.79 Å². The average molecular weight is 116 g/mol. The average Bonchev–Trinajstić information content (AvgIpc) is 1.83. The summed E-state index contributed by atoms with van der Waals surface area (Å²) >= 11 is 0. The van der Waals surface area contributed by atoms with E-state index in [0.717, 1.165) is 0 Å². The summed E-state index contributed by atoms with van der Waals surface area (Å²) in [6.07, 6.45) is 1.97. The maximum absolute atomic E-state index is 10.1. The molecule has 0 aliphatic carbocycles. The van der Waals surface area contributed by atoms with Crippen molar-refractivity contribution in [3.8, 4) is 0 Å². The van der Waals surface area contributed by atoms with Crippen molar-refractivity contribution in [3.63, 3.8) is 0 Å². The lowest BCUT2D eigenvalue weighted by Gasteiger charge is -1.92. The van der Waals surface area contributed by atoms with Crippen LogP contribution in [-0.2, 0) is 4.74 Å². The molecule has 0 rings (SSSR count). The molecule has 3 N–H and O–H groups in total. The summed E-state index contributed by atoms with van der Waals surface area (Å²) in [5, 5.41) is 2.22. The van der Waals surface area contributed by atoms with E-state index < -0.39 is 6.09 Å². The quantitative estimate of drug-likeness (QED) is 0.497. The Morgan fingerprint density at radius 2 is 2.50 bits per heavy atom. The number of amides is 1. The molecule has 1 amide bonds. The molecule has 0 aromatic rings. The predicted molar refractivity (Wildman–Crippen MR) is 28.9 cm³/mol. The molecule has 0 bridgehead atoms. The van der Waals surface area contributed by atoms with E-state index in [1.807, 2.05) is 0 Å². The number of ether oxygens (including phenoxy) is 1. The first-order valence-electron chi connectivity index (χ1n) is 2.02. The first-order valence-corrected chi connectivity index (χ1v) is 2.02. The van der Waals surface area contributed by atoms with Crippen LogP contribution in [0.15, 0.2) is 12.4 Å². The lowest BCUT2D eigenvalue weighted by atomic mass is 10.9. The molecule has 0 saturated heterocycles. The summed E-state index contributed by atoms with van der Waals surface area (Å²) in [4.78, 5) is 10.1. The fourth-order valence-corrected chi connectivity index (χ4v) is 0.175. The van der Waals surface area contributed by atoms with Gasteiger partial charge >= 0.3 is 6.09 Å². The minimum Gasteiger partial charge on any atom is -0.453 e. The van der Waals surface area contributed by atoms with Gasteiger partial charge in [0.15, 0.2) is 0 Å². The molecule has 8 heavy (non-hydrogen) atoms. The molecule has 4 heteroatoms. The van der Waals surface area contributed by atoms with Crippen LogP contribution >= 0.6 is 0 Å². The monoisotopic (exact) mass is 116 g/mol. The van der Waals surface area contributed by atoms with Gasteiger partial charge in [0, 0.05) is 12.4 Å². The van der Waals surface area contributed by atoms with Crippen molar-refractivity contribution in [1.82, 2.24) is 5.32 Å². The van der Waals surface area contributed by atoms with Crippen LogP contribution < -0.4 is 11.1 Å². The minimum absolute atomic E-state index is 0.522. The Bertz CT molecular complexity index is 100. The topological polar surface area (TPSA) is 64.3 Å². The Morgan fingerprint density at radius 3 is 2.88 bits per heavy atom. The van der Waals surface area contributed by atoms with E-state index in [9.17, 15) is 4.79 Å². The van der Waals surface area contributed by atoms with Gasteiger partial charge in [0.2, 0.25) is 0 Å². The van der Waals surface area contributed by atoms with Crippen molar-refractivity contribution in [2.45, 2.75) is 0 Å². The number of hydrogen-bond acceptors (Lipinski definition) is 3. The number of nitrogens with one attached hydrogen (secondary N) is 1. The highest BCUT2D eigenvalue weighted by atomic mass is 16.5. The zero-order chi connectivity index (χ0) is 6.41. The second-order valence-corrected chi connectivity index (χ2v) is 0.995. The normalized spacial score (nSPS) is 9.12. The molecule has 4 nitrogen and oxygen atoms in total. The standard InChI is InChI=1S/C4H8N2O2/c1-8-4(7)6-3-2-5/h2-3H,5H2,1H3,(H,6,7). The highest BCUT2D eigenvalue weighted by molar-refractivity contribution is 5.67. The molecule has 0 saturated carbocycles. The summed E-state index contributed by atoms with van der Waals surface area (Å²) in [5.41, 5.74) is 4.88. The van der Waals surface area contributed by atoms with Crippen LogP contribution in [-0.4, -0.2) is 13.2 Å². The molecule has 0 spiro atoms. The highest BCUT2D eigenvalue weighted by Gasteiger charge is 1.88. The van der Waals surface area contributed by atoms with Crippen molar-refractivity contribution >= 4 is 6.09 Å². The smallest absolute Gasteiger partial charge is 0.410 e. The van der Waals surface area contributed by atoms with Crippen LogP contribution in [0.25, 0.3) is 0 Å². The van der Waals surface area contributed by atoms with Gasteiger partial charge in [-0.15, -0.1) is 0 Å². The number of hydrogen-bond donors (Lipinski definition) is 2. The van der Waals surface area contributed by atoms with Crippen LogP contribution in [0.1, 0.15) is 0 Å². The molecule has 0 atom stereocenters. The maximum atomic E-state index is 10.1.